The third kappa shape index (κ3) is 3.94. The van der Waals surface area contributed by atoms with Gasteiger partial charge in [0.1, 0.15) is 0 Å². The summed E-state index contributed by atoms with van der Waals surface area (Å²) < 4.78 is 0. The van der Waals surface area contributed by atoms with Crippen LogP contribution in [0.1, 0.15) is 0 Å². The zero-order valence-electron chi connectivity index (χ0n) is 22.5. The van der Waals surface area contributed by atoms with Crippen molar-refractivity contribution >= 4 is 60.2 Å². The van der Waals surface area contributed by atoms with Crippen LogP contribution in [0.25, 0.3) is 54.2 Å². The summed E-state index contributed by atoms with van der Waals surface area (Å²) in [4.78, 5) is 2.41. The lowest BCUT2D eigenvalue weighted by Gasteiger charge is -2.28. The lowest BCUT2D eigenvalue weighted by Crippen LogP contribution is -2.10. The number of nitrogens with zero attached hydrogens (tertiary/aromatic N) is 1. The van der Waals surface area contributed by atoms with Crippen LogP contribution in [-0.4, -0.2) is 0 Å². The van der Waals surface area contributed by atoms with Gasteiger partial charge >= 0.3 is 0 Å². The summed E-state index contributed by atoms with van der Waals surface area (Å²) in [5, 5.41) is 10.1. The van der Waals surface area contributed by atoms with Crippen molar-refractivity contribution in [3.05, 3.63) is 164 Å². The Hall–Kier alpha value is -5.40. The molecule has 8 rings (SSSR count). The Labute approximate surface area is 239 Å². The number of hydrogen-bond donors (Lipinski definition) is 0. The Bertz CT molecular complexity index is 2200. The van der Waals surface area contributed by atoms with Crippen LogP contribution in [0.15, 0.2) is 164 Å². The third-order valence-corrected chi connectivity index (χ3v) is 8.17. The molecule has 0 atom stereocenters. The molecule has 0 heterocycles. The summed E-state index contributed by atoms with van der Waals surface area (Å²) in [6, 6.07) is 59.3. The van der Waals surface area contributed by atoms with Gasteiger partial charge in [0.2, 0.25) is 0 Å². The van der Waals surface area contributed by atoms with Gasteiger partial charge in [-0.1, -0.05) is 127 Å². The number of benzene rings is 8. The minimum absolute atomic E-state index is 1.14. The van der Waals surface area contributed by atoms with E-state index in [0.717, 1.165) is 11.4 Å². The van der Waals surface area contributed by atoms with Gasteiger partial charge in [0.25, 0.3) is 0 Å². The smallest absolute Gasteiger partial charge is 0.0546 e. The molecular weight excluding hydrogens is 494 g/mol. The summed E-state index contributed by atoms with van der Waals surface area (Å²) in [5.41, 5.74) is 5.94. The minimum Gasteiger partial charge on any atom is -0.310 e. The molecule has 8 aromatic carbocycles. The molecule has 0 saturated heterocycles. The minimum atomic E-state index is 1.14. The molecule has 0 saturated carbocycles. The number of fused-ring (bicyclic) bond motifs is 6. The molecule has 0 fully saturated rings. The molecule has 8 aromatic rings. The van der Waals surface area contributed by atoms with Crippen LogP contribution in [0.5, 0.6) is 0 Å². The van der Waals surface area contributed by atoms with E-state index >= 15 is 0 Å². The Kier molecular flexibility index (Phi) is 5.53. The number of hydrogen-bond acceptors (Lipinski definition) is 1. The SMILES string of the molecule is c1ccc(-c2cc3cc(N(c4ccccc4)c4ccc5ccccc5c4)c4ccccc4c3c3ccccc23)cc1. The van der Waals surface area contributed by atoms with Gasteiger partial charge in [-0.3, -0.25) is 0 Å². The molecule has 41 heavy (non-hydrogen) atoms. The second-order valence-corrected chi connectivity index (χ2v) is 10.6. The predicted octanol–water partition coefficient (Wildman–Crippen LogP) is 11.4. The normalized spacial score (nSPS) is 11.4. The van der Waals surface area contributed by atoms with Crippen LogP contribution in [0.3, 0.4) is 0 Å². The molecule has 0 unspecified atom stereocenters. The van der Waals surface area contributed by atoms with Crippen LogP contribution in [0.4, 0.5) is 17.1 Å². The van der Waals surface area contributed by atoms with Gasteiger partial charge in [-0.15, -0.1) is 0 Å². The van der Waals surface area contributed by atoms with Gasteiger partial charge in [-0.05, 0) is 85.2 Å². The zero-order valence-corrected chi connectivity index (χ0v) is 22.5. The number of rotatable bonds is 4. The first-order valence-corrected chi connectivity index (χ1v) is 14.1. The van der Waals surface area contributed by atoms with Gasteiger partial charge in [0.05, 0.1) is 5.69 Å². The quantitative estimate of drug-likeness (QED) is 0.208. The van der Waals surface area contributed by atoms with Crippen molar-refractivity contribution in [2.45, 2.75) is 0 Å². The highest BCUT2D eigenvalue weighted by Gasteiger charge is 2.19. The fraction of sp³-hybridized carbons (Fsp3) is 0. The van der Waals surface area contributed by atoms with E-state index < -0.39 is 0 Å². The van der Waals surface area contributed by atoms with Gasteiger partial charge in [0.15, 0.2) is 0 Å². The van der Waals surface area contributed by atoms with E-state index in [0.29, 0.717) is 0 Å². The highest BCUT2D eigenvalue weighted by molar-refractivity contribution is 6.26. The fourth-order valence-electron chi connectivity index (χ4n) is 6.32. The second kappa shape index (κ2) is 9.66. The molecule has 1 heteroatoms. The molecule has 0 spiro atoms. The average Bonchev–Trinajstić information content (AvgIpc) is 3.05. The number of anilines is 3. The summed E-state index contributed by atoms with van der Waals surface area (Å²) >= 11 is 0. The monoisotopic (exact) mass is 521 g/mol. The van der Waals surface area contributed by atoms with Gasteiger partial charge in [0, 0.05) is 16.8 Å². The molecule has 0 N–H and O–H groups in total. The van der Waals surface area contributed by atoms with Gasteiger partial charge in [-0.25, -0.2) is 0 Å². The van der Waals surface area contributed by atoms with Crippen molar-refractivity contribution < 1.29 is 0 Å². The first-order valence-electron chi connectivity index (χ1n) is 14.1. The van der Waals surface area contributed by atoms with Crippen molar-refractivity contribution in [2.75, 3.05) is 4.90 Å². The van der Waals surface area contributed by atoms with Crippen LogP contribution >= 0.6 is 0 Å². The summed E-state index contributed by atoms with van der Waals surface area (Å²) in [7, 11) is 0. The summed E-state index contributed by atoms with van der Waals surface area (Å²) in [6.07, 6.45) is 0. The van der Waals surface area contributed by atoms with Crippen molar-refractivity contribution in [3.63, 3.8) is 0 Å². The maximum Gasteiger partial charge on any atom is 0.0546 e. The maximum atomic E-state index is 2.41. The predicted molar refractivity (Wildman–Crippen MR) is 177 cm³/mol. The summed E-state index contributed by atoms with van der Waals surface area (Å²) in [5.74, 6) is 0. The second-order valence-electron chi connectivity index (χ2n) is 10.6. The molecule has 0 aromatic heterocycles. The molecular formula is C40H27N. The molecule has 0 aliphatic heterocycles. The van der Waals surface area contributed by atoms with E-state index in [2.05, 4.69) is 169 Å². The lowest BCUT2D eigenvalue weighted by molar-refractivity contribution is 1.31. The zero-order chi connectivity index (χ0) is 27.2. The topological polar surface area (TPSA) is 3.24 Å². The van der Waals surface area contributed by atoms with Crippen LogP contribution in [0, 0.1) is 0 Å². The van der Waals surface area contributed by atoms with Gasteiger partial charge in [-0.2, -0.15) is 0 Å². The molecule has 0 aliphatic carbocycles. The van der Waals surface area contributed by atoms with Crippen molar-refractivity contribution in [2.24, 2.45) is 0 Å². The lowest BCUT2D eigenvalue weighted by atomic mass is 9.90. The highest BCUT2D eigenvalue weighted by atomic mass is 15.1. The van der Waals surface area contributed by atoms with E-state index in [1.807, 2.05) is 0 Å². The third-order valence-electron chi connectivity index (χ3n) is 8.17. The highest BCUT2D eigenvalue weighted by Crippen LogP contribution is 2.45. The van der Waals surface area contributed by atoms with E-state index in [-0.39, 0.29) is 0 Å². The Morgan fingerprint density at radius 3 is 1.68 bits per heavy atom. The summed E-state index contributed by atoms with van der Waals surface area (Å²) in [6.45, 7) is 0. The first kappa shape index (κ1) is 23.5. The molecule has 0 amide bonds. The van der Waals surface area contributed by atoms with E-state index in [1.54, 1.807) is 0 Å². The van der Waals surface area contributed by atoms with Crippen molar-refractivity contribution in [1.82, 2.24) is 0 Å². The first-order chi connectivity index (χ1) is 20.3. The fourth-order valence-corrected chi connectivity index (χ4v) is 6.32. The standard InChI is InChI=1S/C40H27N/c1-3-14-29(15-4-1)38-26-31-27-39(35-20-10-12-22-37(35)40(31)36-21-11-9-19-34(36)38)41(32-17-5-2-6-18-32)33-24-23-28-13-7-8-16-30(28)25-33/h1-27H. The molecule has 192 valence electrons. The largest absolute Gasteiger partial charge is 0.310 e. The van der Waals surface area contributed by atoms with Crippen molar-refractivity contribution in [1.29, 1.82) is 0 Å². The molecule has 0 radical (unpaired) electrons. The number of para-hydroxylation sites is 1. The van der Waals surface area contributed by atoms with Crippen molar-refractivity contribution in [3.8, 4) is 11.1 Å². The Morgan fingerprint density at radius 1 is 0.341 bits per heavy atom. The van der Waals surface area contributed by atoms with E-state index in [1.165, 1.54) is 59.9 Å². The Morgan fingerprint density at radius 2 is 0.927 bits per heavy atom. The van der Waals surface area contributed by atoms with Crippen LogP contribution in [-0.2, 0) is 0 Å². The van der Waals surface area contributed by atoms with Gasteiger partial charge < -0.3 is 4.90 Å². The van der Waals surface area contributed by atoms with Crippen LogP contribution < -0.4 is 4.90 Å². The molecule has 0 aliphatic rings. The van der Waals surface area contributed by atoms with E-state index in [4.69, 9.17) is 0 Å². The maximum absolute atomic E-state index is 2.41. The molecule has 1 nitrogen and oxygen atoms in total. The molecule has 0 bridgehead atoms. The average molecular weight is 522 g/mol. The van der Waals surface area contributed by atoms with Crippen LogP contribution in [0.2, 0.25) is 0 Å². The Balaban J connectivity index is 1.49. The van der Waals surface area contributed by atoms with E-state index in [9.17, 15) is 0 Å².